The van der Waals surface area contributed by atoms with Gasteiger partial charge in [0.2, 0.25) is 0 Å². The van der Waals surface area contributed by atoms with Crippen LogP contribution in [0.25, 0.3) is 21.9 Å². The number of halogens is 1. The van der Waals surface area contributed by atoms with E-state index in [1.54, 1.807) is 29.1 Å². The molecule has 0 saturated carbocycles. The molecule has 3 aromatic rings. The highest BCUT2D eigenvalue weighted by Crippen LogP contribution is 2.35. The van der Waals surface area contributed by atoms with Crippen LogP contribution in [0.1, 0.15) is 10.4 Å². The van der Waals surface area contributed by atoms with Gasteiger partial charge in [0.15, 0.2) is 23.0 Å². The summed E-state index contributed by atoms with van der Waals surface area (Å²) in [6.45, 7) is 0. The summed E-state index contributed by atoms with van der Waals surface area (Å²) in [7, 11) is 0. The number of hydrogen-bond donors (Lipinski definition) is 1. The van der Waals surface area contributed by atoms with Crippen molar-refractivity contribution in [3.8, 4) is 16.9 Å². The fourth-order valence-electron chi connectivity index (χ4n) is 2.49. The Morgan fingerprint density at radius 3 is 2.33 bits per heavy atom. The van der Waals surface area contributed by atoms with Crippen molar-refractivity contribution in [2.75, 3.05) is 0 Å². The minimum atomic E-state index is -0.988. The van der Waals surface area contributed by atoms with E-state index in [1.807, 2.05) is 54.6 Å². The molecule has 0 heterocycles. The van der Waals surface area contributed by atoms with Gasteiger partial charge < -0.3 is 8.17 Å². The monoisotopic (exact) mass is 390 g/mol. The van der Waals surface area contributed by atoms with Crippen LogP contribution in [0, 0.1) is 0 Å². The van der Waals surface area contributed by atoms with Gasteiger partial charge in [-0.3, -0.25) is 0 Å². The highest BCUT2D eigenvalue weighted by molar-refractivity contribution is 14.1. The zero-order valence-electron chi connectivity index (χ0n) is 10.9. The second-order valence-electron chi connectivity index (χ2n) is 4.59. The molecule has 21 heavy (non-hydrogen) atoms. The number of hydrogen-bond acceptors (Lipinski definition) is 2. The Hall–Kier alpha value is -2.08. The van der Waals surface area contributed by atoms with Gasteiger partial charge in [-0.2, -0.15) is 0 Å². The van der Waals surface area contributed by atoms with E-state index in [-0.39, 0.29) is 5.56 Å². The third-order valence-electron chi connectivity index (χ3n) is 3.41. The van der Waals surface area contributed by atoms with E-state index in [0.717, 1.165) is 16.5 Å². The first-order valence-corrected chi connectivity index (χ1v) is 7.23. The van der Waals surface area contributed by atoms with E-state index in [4.69, 9.17) is 3.07 Å². The molecule has 0 aromatic heterocycles. The van der Waals surface area contributed by atoms with Gasteiger partial charge in [-0.1, -0.05) is 48.5 Å². The lowest BCUT2D eigenvalue weighted by Crippen LogP contribution is -2.00. The quantitative estimate of drug-likeness (QED) is 0.645. The molecular weight excluding hydrogens is 379 g/mol. The van der Waals surface area contributed by atoms with Gasteiger partial charge in [0, 0.05) is 5.39 Å². The topological polar surface area (TPSA) is 46.5 Å². The summed E-state index contributed by atoms with van der Waals surface area (Å²) in [4.78, 5) is 11.6. The van der Waals surface area contributed by atoms with Crippen molar-refractivity contribution in [1.29, 1.82) is 0 Å². The van der Waals surface area contributed by atoms with Gasteiger partial charge in [0.05, 0.1) is 0 Å². The van der Waals surface area contributed by atoms with Crippen LogP contribution in [0.5, 0.6) is 5.75 Å². The maximum absolute atomic E-state index is 11.6. The summed E-state index contributed by atoms with van der Waals surface area (Å²) in [6.07, 6.45) is 0. The largest absolute Gasteiger partial charge is 0.478 e. The van der Waals surface area contributed by atoms with E-state index < -0.39 is 5.97 Å². The standard InChI is InChI=1S/C17H11IO3/c18-21-15-10-9-13-12(11-5-2-1-3-6-11)7-4-8-14(13)16(15)17(19)20/h1-10H,(H,19,20). The van der Waals surface area contributed by atoms with Crippen LogP contribution in [-0.4, -0.2) is 11.1 Å². The molecule has 0 spiro atoms. The van der Waals surface area contributed by atoms with Crippen molar-refractivity contribution in [2.24, 2.45) is 0 Å². The van der Waals surface area contributed by atoms with Crippen molar-refractivity contribution in [3.05, 3.63) is 66.2 Å². The second kappa shape index (κ2) is 5.73. The van der Waals surface area contributed by atoms with Crippen LogP contribution >= 0.6 is 23.0 Å². The normalized spacial score (nSPS) is 10.5. The minimum Gasteiger partial charge on any atom is -0.478 e. The van der Waals surface area contributed by atoms with E-state index in [0.29, 0.717) is 11.1 Å². The van der Waals surface area contributed by atoms with Crippen LogP contribution in [-0.2, 0) is 0 Å². The summed E-state index contributed by atoms with van der Waals surface area (Å²) in [5.41, 5.74) is 2.26. The molecule has 0 aliphatic rings. The molecule has 0 aliphatic heterocycles. The lowest BCUT2D eigenvalue weighted by Gasteiger charge is -2.11. The van der Waals surface area contributed by atoms with Crippen molar-refractivity contribution < 1.29 is 13.0 Å². The maximum atomic E-state index is 11.6. The van der Waals surface area contributed by atoms with E-state index >= 15 is 0 Å². The molecular formula is C17H11IO3. The van der Waals surface area contributed by atoms with E-state index in [1.165, 1.54) is 0 Å². The second-order valence-corrected chi connectivity index (χ2v) is 5.03. The Labute approximate surface area is 135 Å². The zero-order valence-corrected chi connectivity index (χ0v) is 13.1. The predicted molar refractivity (Wildman–Crippen MR) is 91.0 cm³/mol. The van der Waals surface area contributed by atoms with Crippen molar-refractivity contribution in [3.63, 3.8) is 0 Å². The molecule has 3 rings (SSSR count). The third kappa shape index (κ3) is 2.47. The molecule has 4 heteroatoms. The van der Waals surface area contributed by atoms with Crippen LogP contribution < -0.4 is 3.07 Å². The summed E-state index contributed by atoms with van der Waals surface area (Å²) >= 11 is 1.70. The van der Waals surface area contributed by atoms with Crippen molar-refractivity contribution in [1.82, 2.24) is 0 Å². The maximum Gasteiger partial charge on any atom is 0.340 e. The highest BCUT2D eigenvalue weighted by atomic mass is 127. The average Bonchev–Trinajstić information content (AvgIpc) is 2.53. The molecule has 0 saturated heterocycles. The summed E-state index contributed by atoms with van der Waals surface area (Å²) < 4.78 is 5.15. The Morgan fingerprint density at radius 2 is 1.67 bits per heavy atom. The molecule has 3 aromatic carbocycles. The molecule has 3 nitrogen and oxygen atoms in total. The zero-order chi connectivity index (χ0) is 14.8. The molecule has 104 valence electrons. The fraction of sp³-hybridized carbons (Fsp3) is 0. The fourth-order valence-corrected chi connectivity index (χ4v) is 2.86. The first kappa shape index (κ1) is 13.9. The van der Waals surface area contributed by atoms with Crippen LogP contribution in [0.2, 0.25) is 0 Å². The number of carboxylic acids is 1. The van der Waals surface area contributed by atoms with Crippen LogP contribution in [0.4, 0.5) is 0 Å². The molecule has 0 amide bonds. The Bertz CT molecular complexity index is 813. The Balaban J connectivity index is 2.36. The van der Waals surface area contributed by atoms with Gasteiger partial charge in [-0.25, -0.2) is 4.79 Å². The lowest BCUT2D eigenvalue weighted by molar-refractivity contribution is 0.0697. The number of rotatable bonds is 3. The molecule has 0 radical (unpaired) electrons. The molecule has 0 fully saturated rings. The first-order valence-electron chi connectivity index (χ1n) is 6.35. The summed E-state index contributed by atoms with van der Waals surface area (Å²) in [5.74, 6) is -0.627. The lowest BCUT2D eigenvalue weighted by atomic mass is 9.95. The number of benzene rings is 3. The number of carbonyl (C=O) groups is 1. The van der Waals surface area contributed by atoms with E-state index in [9.17, 15) is 9.90 Å². The minimum absolute atomic E-state index is 0.194. The summed E-state index contributed by atoms with van der Waals surface area (Å²) in [5, 5.41) is 11.1. The van der Waals surface area contributed by atoms with Crippen molar-refractivity contribution >= 4 is 39.7 Å². The Morgan fingerprint density at radius 1 is 0.905 bits per heavy atom. The van der Waals surface area contributed by atoms with Crippen LogP contribution in [0.15, 0.2) is 60.7 Å². The van der Waals surface area contributed by atoms with Gasteiger partial charge >= 0.3 is 5.97 Å². The number of aromatic carboxylic acids is 1. The van der Waals surface area contributed by atoms with Gasteiger partial charge in [-0.15, -0.1) is 0 Å². The van der Waals surface area contributed by atoms with Crippen molar-refractivity contribution in [2.45, 2.75) is 0 Å². The van der Waals surface area contributed by atoms with Gasteiger partial charge in [-0.05, 0) is 28.6 Å². The molecule has 0 unspecified atom stereocenters. The van der Waals surface area contributed by atoms with Gasteiger partial charge in [0.25, 0.3) is 0 Å². The van der Waals surface area contributed by atoms with E-state index in [2.05, 4.69) is 0 Å². The highest BCUT2D eigenvalue weighted by Gasteiger charge is 2.17. The van der Waals surface area contributed by atoms with Gasteiger partial charge in [0.1, 0.15) is 11.3 Å². The molecule has 0 atom stereocenters. The third-order valence-corrected chi connectivity index (χ3v) is 3.88. The molecule has 1 N–H and O–H groups in total. The predicted octanol–water partition coefficient (Wildman–Crippen LogP) is 4.93. The smallest absolute Gasteiger partial charge is 0.340 e. The Kier molecular flexibility index (Phi) is 3.79. The molecule has 0 bridgehead atoms. The average molecular weight is 390 g/mol. The SMILES string of the molecule is O=C(O)c1c(OI)ccc2c(-c3ccccc3)cccc12. The first-order chi connectivity index (χ1) is 10.2. The molecule has 0 aliphatic carbocycles. The number of carboxylic acid groups (broad SMARTS) is 1. The summed E-state index contributed by atoms with van der Waals surface area (Å²) in [6, 6.07) is 19.2. The van der Waals surface area contributed by atoms with Crippen LogP contribution in [0.3, 0.4) is 0 Å². The number of fused-ring (bicyclic) bond motifs is 1.